The van der Waals surface area contributed by atoms with Crippen LogP contribution in [0, 0.1) is 5.92 Å². The van der Waals surface area contributed by atoms with E-state index in [1.54, 1.807) is 30.3 Å². The summed E-state index contributed by atoms with van der Waals surface area (Å²) in [6.07, 6.45) is 3.08. The normalized spacial score (nSPS) is 25.0. The van der Waals surface area contributed by atoms with Crippen LogP contribution in [0.3, 0.4) is 0 Å². The zero-order chi connectivity index (χ0) is 12.3. The Kier molecular flexibility index (Phi) is 4.07. The van der Waals surface area contributed by atoms with E-state index in [4.69, 9.17) is 11.6 Å². The van der Waals surface area contributed by atoms with E-state index in [9.17, 15) is 8.42 Å². The number of alkyl halides is 1. The average Bonchev–Trinajstić information content (AvgIpc) is 2.74. The summed E-state index contributed by atoms with van der Waals surface area (Å²) in [4.78, 5) is 0.309. The first-order chi connectivity index (χ1) is 8.09. The second-order valence-corrected chi connectivity index (χ2v) is 6.70. The molecule has 0 saturated heterocycles. The van der Waals surface area contributed by atoms with E-state index in [0.29, 0.717) is 11.4 Å². The smallest absolute Gasteiger partial charge is 0.211 e. The quantitative estimate of drug-likeness (QED) is 0.856. The molecule has 94 valence electrons. The average molecular weight is 274 g/mol. The molecule has 0 amide bonds. The van der Waals surface area contributed by atoms with Crippen LogP contribution in [0.4, 0.5) is 0 Å². The Morgan fingerprint density at radius 3 is 2.53 bits per heavy atom. The molecule has 1 fully saturated rings. The largest absolute Gasteiger partial charge is 0.240 e. The fraction of sp³-hybridized carbons (Fsp3) is 0.500. The highest BCUT2D eigenvalue weighted by molar-refractivity contribution is 7.89. The van der Waals surface area contributed by atoms with Crippen molar-refractivity contribution in [2.24, 2.45) is 5.92 Å². The third-order valence-electron chi connectivity index (χ3n) is 3.16. The van der Waals surface area contributed by atoms with Gasteiger partial charge in [-0.1, -0.05) is 24.6 Å². The Hall–Kier alpha value is -0.580. The highest BCUT2D eigenvalue weighted by atomic mass is 35.5. The molecule has 0 aliphatic heterocycles. The highest BCUT2D eigenvalue weighted by Gasteiger charge is 2.26. The third-order valence-corrected chi connectivity index (χ3v) is 5.17. The van der Waals surface area contributed by atoms with Gasteiger partial charge >= 0.3 is 0 Å². The van der Waals surface area contributed by atoms with Crippen LogP contribution in [0.25, 0.3) is 0 Å². The van der Waals surface area contributed by atoms with Crippen molar-refractivity contribution in [1.82, 2.24) is 4.72 Å². The summed E-state index contributed by atoms with van der Waals surface area (Å²) >= 11 is 6.12. The maximum Gasteiger partial charge on any atom is 0.240 e. The number of hydrogen-bond acceptors (Lipinski definition) is 2. The molecule has 17 heavy (non-hydrogen) atoms. The molecular formula is C12H16ClNO2S. The summed E-state index contributed by atoms with van der Waals surface area (Å²) in [6.45, 7) is 0.436. The molecule has 0 aromatic heterocycles. The molecule has 2 unspecified atom stereocenters. The van der Waals surface area contributed by atoms with E-state index in [-0.39, 0.29) is 11.3 Å². The van der Waals surface area contributed by atoms with Gasteiger partial charge in [-0.15, -0.1) is 11.6 Å². The molecule has 1 saturated carbocycles. The number of rotatable bonds is 4. The fourth-order valence-corrected chi connectivity index (χ4v) is 3.61. The molecular weight excluding hydrogens is 258 g/mol. The van der Waals surface area contributed by atoms with Crippen molar-refractivity contribution in [3.05, 3.63) is 30.3 Å². The number of hydrogen-bond donors (Lipinski definition) is 1. The predicted molar refractivity (Wildman–Crippen MR) is 68.6 cm³/mol. The maximum atomic E-state index is 11.9. The summed E-state index contributed by atoms with van der Waals surface area (Å²) in [5, 5.41) is 0.105. The van der Waals surface area contributed by atoms with Crippen molar-refractivity contribution in [2.45, 2.75) is 29.5 Å². The van der Waals surface area contributed by atoms with Gasteiger partial charge in [0, 0.05) is 11.9 Å². The molecule has 0 spiro atoms. The molecule has 1 aliphatic carbocycles. The first-order valence-corrected chi connectivity index (χ1v) is 7.70. The lowest BCUT2D eigenvalue weighted by atomic mass is 10.1. The Balaban J connectivity index is 1.99. The Morgan fingerprint density at radius 1 is 1.24 bits per heavy atom. The summed E-state index contributed by atoms with van der Waals surface area (Å²) in [6, 6.07) is 8.41. The van der Waals surface area contributed by atoms with Gasteiger partial charge in [0.05, 0.1) is 4.90 Å². The van der Waals surface area contributed by atoms with Crippen molar-refractivity contribution >= 4 is 21.6 Å². The summed E-state index contributed by atoms with van der Waals surface area (Å²) in [7, 11) is -3.38. The number of nitrogens with one attached hydrogen (secondary N) is 1. The third kappa shape index (κ3) is 3.21. The molecule has 1 aromatic carbocycles. The molecule has 0 radical (unpaired) electrons. The minimum atomic E-state index is -3.38. The minimum Gasteiger partial charge on any atom is -0.211 e. The highest BCUT2D eigenvalue weighted by Crippen LogP contribution is 2.29. The van der Waals surface area contributed by atoms with Crippen LogP contribution in [0.15, 0.2) is 35.2 Å². The van der Waals surface area contributed by atoms with E-state index in [0.717, 1.165) is 19.3 Å². The number of halogens is 1. The Bertz CT molecular complexity index is 461. The second kappa shape index (κ2) is 5.38. The molecule has 0 bridgehead atoms. The van der Waals surface area contributed by atoms with Gasteiger partial charge in [0.15, 0.2) is 0 Å². The van der Waals surface area contributed by atoms with Gasteiger partial charge in [0.2, 0.25) is 10.0 Å². The van der Waals surface area contributed by atoms with Crippen molar-refractivity contribution < 1.29 is 8.42 Å². The Morgan fingerprint density at radius 2 is 1.94 bits per heavy atom. The van der Waals surface area contributed by atoms with Crippen LogP contribution in [0.2, 0.25) is 0 Å². The monoisotopic (exact) mass is 273 g/mol. The van der Waals surface area contributed by atoms with Gasteiger partial charge < -0.3 is 0 Å². The molecule has 0 heterocycles. The minimum absolute atomic E-state index is 0.105. The number of benzene rings is 1. The molecule has 1 aromatic rings. The van der Waals surface area contributed by atoms with Gasteiger partial charge in [0.1, 0.15) is 0 Å². The van der Waals surface area contributed by atoms with Crippen LogP contribution in [-0.4, -0.2) is 20.3 Å². The molecule has 1 N–H and O–H groups in total. The van der Waals surface area contributed by atoms with E-state index in [1.807, 2.05) is 0 Å². The molecule has 3 nitrogen and oxygen atoms in total. The SMILES string of the molecule is O=S(=O)(NCC1CCCC1Cl)c1ccccc1. The van der Waals surface area contributed by atoms with Crippen LogP contribution in [0.1, 0.15) is 19.3 Å². The molecule has 5 heteroatoms. The van der Waals surface area contributed by atoms with E-state index < -0.39 is 10.0 Å². The maximum absolute atomic E-state index is 11.9. The van der Waals surface area contributed by atoms with E-state index in [2.05, 4.69) is 4.72 Å². The Labute approximate surface area is 107 Å². The lowest BCUT2D eigenvalue weighted by molar-refractivity contribution is 0.523. The lowest BCUT2D eigenvalue weighted by Gasteiger charge is -2.14. The summed E-state index contributed by atoms with van der Waals surface area (Å²) in [5.74, 6) is 0.259. The van der Waals surface area contributed by atoms with Gasteiger partial charge in [-0.2, -0.15) is 0 Å². The van der Waals surface area contributed by atoms with E-state index in [1.165, 1.54) is 0 Å². The first kappa shape index (κ1) is 12.9. The van der Waals surface area contributed by atoms with Gasteiger partial charge in [-0.05, 0) is 30.9 Å². The number of sulfonamides is 1. The summed E-state index contributed by atoms with van der Waals surface area (Å²) < 4.78 is 26.5. The van der Waals surface area contributed by atoms with E-state index >= 15 is 0 Å². The molecule has 1 aliphatic rings. The van der Waals surface area contributed by atoms with Crippen LogP contribution < -0.4 is 4.72 Å². The first-order valence-electron chi connectivity index (χ1n) is 5.78. The van der Waals surface area contributed by atoms with Crippen LogP contribution >= 0.6 is 11.6 Å². The van der Waals surface area contributed by atoms with Gasteiger partial charge in [0.25, 0.3) is 0 Å². The van der Waals surface area contributed by atoms with Crippen molar-refractivity contribution in [1.29, 1.82) is 0 Å². The summed E-state index contributed by atoms with van der Waals surface area (Å²) in [5.41, 5.74) is 0. The zero-order valence-electron chi connectivity index (χ0n) is 9.47. The lowest BCUT2D eigenvalue weighted by Crippen LogP contribution is -2.31. The topological polar surface area (TPSA) is 46.2 Å². The molecule has 2 rings (SSSR count). The second-order valence-electron chi connectivity index (χ2n) is 4.37. The van der Waals surface area contributed by atoms with Crippen LogP contribution in [-0.2, 0) is 10.0 Å². The standard InChI is InChI=1S/C12H16ClNO2S/c13-12-8-4-5-10(12)9-14-17(15,16)11-6-2-1-3-7-11/h1-3,6-7,10,12,14H,4-5,8-9H2. The van der Waals surface area contributed by atoms with Crippen molar-refractivity contribution in [2.75, 3.05) is 6.54 Å². The van der Waals surface area contributed by atoms with Gasteiger partial charge in [-0.3, -0.25) is 0 Å². The zero-order valence-corrected chi connectivity index (χ0v) is 11.0. The van der Waals surface area contributed by atoms with Crippen LogP contribution in [0.5, 0.6) is 0 Å². The fourth-order valence-electron chi connectivity index (χ4n) is 2.12. The molecule has 2 atom stereocenters. The predicted octanol–water partition coefficient (Wildman–Crippen LogP) is 2.37. The van der Waals surface area contributed by atoms with Crippen molar-refractivity contribution in [3.8, 4) is 0 Å². The van der Waals surface area contributed by atoms with Crippen molar-refractivity contribution in [3.63, 3.8) is 0 Å². The van der Waals surface area contributed by atoms with Gasteiger partial charge in [-0.25, -0.2) is 13.1 Å².